The second-order valence-corrected chi connectivity index (χ2v) is 6.73. The molecule has 8 heteroatoms. The lowest BCUT2D eigenvalue weighted by Crippen LogP contribution is -1.80. The number of aromatic nitrogens is 4. The average molecular weight is 379 g/mol. The lowest BCUT2D eigenvalue weighted by molar-refractivity contribution is 0.413. The van der Waals surface area contributed by atoms with Crippen LogP contribution in [0.1, 0.15) is 30.5 Å². The molecule has 0 radical (unpaired) electrons. The molecular formula is C14H11BrN4O2S. The van der Waals surface area contributed by atoms with E-state index in [4.69, 9.17) is 8.83 Å². The molecule has 1 saturated carbocycles. The van der Waals surface area contributed by atoms with Crippen molar-refractivity contribution >= 4 is 27.7 Å². The van der Waals surface area contributed by atoms with E-state index in [0.29, 0.717) is 28.7 Å². The van der Waals surface area contributed by atoms with Gasteiger partial charge in [0.1, 0.15) is 0 Å². The van der Waals surface area contributed by atoms with Crippen molar-refractivity contribution in [3.8, 4) is 11.5 Å². The van der Waals surface area contributed by atoms with Gasteiger partial charge >= 0.3 is 0 Å². The van der Waals surface area contributed by atoms with Crippen molar-refractivity contribution in [1.82, 2.24) is 20.4 Å². The number of hydrogen-bond donors (Lipinski definition) is 0. The minimum Gasteiger partial charge on any atom is -0.420 e. The summed E-state index contributed by atoms with van der Waals surface area (Å²) in [6, 6.07) is 7.73. The first-order valence-corrected chi connectivity index (χ1v) is 8.61. The SMILES string of the molecule is Brc1ccccc1-c1nnc(CSc2nnc(C3CC3)o2)o1. The normalized spacial score (nSPS) is 14.4. The van der Waals surface area contributed by atoms with Crippen LogP contribution in [0.2, 0.25) is 0 Å². The highest BCUT2D eigenvalue weighted by molar-refractivity contribution is 9.10. The molecule has 1 aliphatic carbocycles. The Morgan fingerprint density at radius 1 is 1.09 bits per heavy atom. The van der Waals surface area contributed by atoms with E-state index in [1.165, 1.54) is 11.8 Å². The maximum absolute atomic E-state index is 5.68. The molecule has 3 aromatic rings. The van der Waals surface area contributed by atoms with Gasteiger partial charge in [-0.2, -0.15) is 0 Å². The molecule has 0 spiro atoms. The first kappa shape index (κ1) is 14.0. The van der Waals surface area contributed by atoms with Crippen molar-refractivity contribution < 1.29 is 8.83 Å². The van der Waals surface area contributed by atoms with Crippen LogP contribution in [0.3, 0.4) is 0 Å². The highest BCUT2D eigenvalue weighted by Gasteiger charge is 2.29. The van der Waals surface area contributed by atoms with Gasteiger partial charge in [0, 0.05) is 10.4 Å². The van der Waals surface area contributed by atoms with Crippen LogP contribution in [0, 0.1) is 0 Å². The molecule has 1 aliphatic rings. The van der Waals surface area contributed by atoms with E-state index < -0.39 is 0 Å². The van der Waals surface area contributed by atoms with Gasteiger partial charge in [-0.05, 0) is 40.9 Å². The second kappa shape index (κ2) is 5.85. The fourth-order valence-corrected chi connectivity index (χ4v) is 3.01. The van der Waals surface area contributed by atoms with Gasteiger partial charge in [0.2, 0.25) is 17.7 Å². The maximum atomic E-state index is 5.68. The molecule has 22 heavy (non-hydrogen) atoms. The maximum Gasteiger partial charge on any atom is 0.277 e. The minimum atomic E-state index is 0.465. The van der Waals surface area contributed by atoms with E-state index in [1.54, 1.807) is 0 Å². The molecule has 6 nitrogen and oxygen atoms in total. The number of halogens is 1. The van der Waals surface area contributed by atoms with Crippen LogP contribution in [-0.2, 0) is 5.75 Å². The fraction of sp³-hybridized carbons (Fsp3) is 0.286. The molecule has 0 N–H and O–H groups in total. The number of nitrogens with zero attached hydrogens (tertiary/aromatic N) is 4. The van der Waals surface area contributed by atoms with Crippen LogP contribution in [0.4, 0.5) is 0 Å². The number of rotatable bonds is 5. The van der Waals surface area contributed by atoms with Crippen LogP contribution in [0.5, 0.6) is 0 Å². The predicted molar refractivity (Wildman–Crippen MR) is 83.3 cm³/mol. The summed E-state index contributed by atoms with van der Waals surface area (Å²) in [7, 11) is 0. The average Bonchev–Trinajstić information content (AvgIpc) is 3.09. The van der Waals surface area contributed by atoms with Crippen molar-refractivity contribution in [3.05, 3.63) is 40.5 Å². The van der Waals surface area contributed by atoms with E-state index in [2.05, 4.69) is 36.3 Å². The first-order valence-electron chi connectivity index (χ1n) is 6.83. The van der Waals surface area contributed by atoms with Crippen molar-refractivity contribution in [3.63, 3.8) is 0 Å². The lowest BCUT2D eigenvalue weighted by Gasteiger charge is -1.97. The Kier molecular flexibility index (Phi) is 3.71. The number of thioether (sulfide) groups is 1. The molecule has 2 aromatic heterocycles. The standard InChI is InChI=1S/C14H11BrN4O2S/c15-10-4-2-1-3-9(10)13-18-16-11(20-13)7-22-14-19-17-12(21-14)8-5-6-8/h1-4,8H,5-7H2. The van der Waals surface area contributed by atoms with Gasteiger partial charge in [-0.15, -0.1) is 20.4 Å². The van der Waals surface area contributed by atoms with Gasteiger partial charge in [0.05, 0.1) is 11.3 Å². The molecule has 1 fully saturated rings. The van der Waals surface area contributed by atoms with Crippen LogP contribution in [0.15, 0.2) is 42.8 Å². The van der Waals surface area contributed by atoms with Gasteiger partial charge in [0.15, 0.2) is 0 Å². The zero-order valence-electron chi connectivity index (χ0n) is 11.4. The Balaban J connectivity index is 1.44. The van der Waals surface area contributed by atoms with Crippen LogP contribution >= 0.6 is 27.7 Å². The summed E-state index contributed by atoms with van der Waals surface area (Å²) in [4.78, 5) is 0. The van der Waals surface area contributed by atoms with Crippen molar-refractivity contribution in [2.24, 2.45) is 0 Å². The molecule has 0 saturated heterocycles. The molecule has 2 heterocycles. The zero-order chi connectivity index (χ0) is 14.9. The summed E-state index contributed by atoms with van der Waals surface area (Å²) >= 11 is 4.88. The quantitative estimate of drug-likeness (QED) is 0.619. The highest BCUT2D eigenvalue weighted by Crippen LogP contribution is 2.40. The molecule has 0 unspecified atom stereocenters. The smallest absolute Gasteiger partial charge is 0.277 e. The Morgan fingerprint density at radius 3 is 2.77 bits per heavy atom. The Hall–Kier alpha value is -1.67. The Bertz CT molecular complexity index is 800. The molecule has 0 bridgehead atoms. The van der Waals surface area contributed by atoms with Gasteiger partial charge in [0.25, 0.3) is 5.22 Å². The fourth-order valence-electron chi connectivity index (χ4n) is 1.95. The lowest BCUT2D eigenvalue weighted by atomic mass is 10.2. The molecule has 0 amide bonds. The van der Waals surface area contributed by atoms with E-state index in [9.17, 15) is 0 Å². The summed E-state index contributed by atoms with van der Waals surface area (Å²) in [5.74, 6) is 2.73. The second-order valence-electron chi connectivity index (χ2n) is 4.95. The van der Waals surface area contributed by atoms with Crippen LogP contribution < -0.4 is 0 Å². The molecule has 1 aromatic carbocycles. The van der Waals surface area contributed by atoms with Crippen molar-refractivity contribution in [2.45, 2.75) is 29.7 Å². The third-order valence-corrected chi connectivity index (χ3v) is 4.73. The molecule has 112 valence electrons. The summed E-state index contributed by atoms with van der Waals surface area (Å²) in [5, 5.41) is 16.7. The summed E-state index contributed by atoms with van der Waals surface area (Å²) < 4.78 is 12.2. The van der Waals surface area contributed by atoms with Gasteiger partial charge in [-0.3, -0.25) is 0 Å². The molecule has 0 atom stereocenters. The first-order chi connectivity index (χ1) is 10.8. The zero-order valence-corrected chi connectivity index (χ0v) is 13.8. The van der Waals surface area contributed by atoms with Gasteiger partial charge < -0.3 is 8.83 Å². The largest absolute Gasteiger partial charge is 0.420 e. The van der Waals surface area contributed by atoms with Crippen LogP contribution in [-0.4, -0.2) is 20.4 Å². The third kappa shape index (κ3) is 2.93. The van der Waals surface area contributed by atoms with Gasteiger partial charge in [-0.1, -0.05) is 23.9 Å². The monoisotopic (exact) mass is 378 g/mol. The summed E-state index contributed by atoms with van der Waals surface area (Å²) in [5.41, 5.74) is 0.875. The van der Waals surface area contributed by atoms with Crippen molar-refractivity contribution in [1.29, 1.82) is 0 Å². The van der Waals surface area contributed by atoms with Gasteiger partial charge in [-0.25, -0.2) is 0 Å². The minimum absolute atomic E-state index is 0.465. The number of benzene rings is 1. The number of hydrogen-bond acceptors (Lipinski definition) is 7. The molecule has 0 aliphatic heterocycles. The van der Waals surface area contributed by atoms with E-state index in [1.807, 2.05) is 24.3 Å². The van der Waals surface area contributed by atoms with E-state index in [-0.39, 0.29) is 0 Å². The third-order valence-electron chi connectivity index (χ3n) is 3.24. The molecular weight excluding hydrogens is 368 g/mol. The predicted octanol–water partition coefficient (Wildman–Crippen LogP) is 4.05. The highest BCUT2D eigenvalue weighted by atomic mass is 79.9. The Morgan fingerprint density at radius 2 is 1.95 bits per heavy atom. The van der Waals surface area contributed by atoms with E-state index >= 15 is 0 Å². The van der Waals surface area contributed by atoms with E-state index in [0.717, 1.165) is 28.8 Å². The topological polar surface area (TPSA) is 77.8 Å². The summed E-state index contributed by atoms with van der Waals surface area (Å²) in [6.07, 6.45) is 2.29. The van der Waals surface area contributed by atoms with Crippen LogP contribution in [0.25, 0.3) is 11.5 Å². The summed E-state index contributed by atoms with van der Waals surface area (Å²) in [6.45, 7) is 0. The Labute approximate surface area is 138 Å². The van der Waals surface area contributed by atoms with Crippen molar-refractivity contribution in [2.75, 3.05) is 0 Å². The molecule has 4 rings (SSSR count).